The van der Waals surface area contributed by atoms with E-state index in [-0.39, 0.29) is 32.8 Å². The summed E-state index contributed by atoms with van der Waals surface area (Å²) < 4.78 is 38.0. The first kappa shape index (κ1) is 26.4. The summed E-state index contributed by atoms with van der Waals surface area (Å²) in [7, 11) is -1.54. The molecule has 11 nitrogen and oxygen atoms in total. The molecule has 0 aliphatic carbocycles. The van der Waals surface area contributed by atoms with Gasteiger partial charge >= 0.3 is 5.69 Å². The van der Waals surface area contributed by atoms with Crippen molar-refractivity contribution in [3.05, 3.63) is 87.4 Å². The number of rotatable bonds is 10. The maximum atomic E-state index is 13.4. The van der Waals surface area contributed by atoms with Gasteiger partial charge in [-0.2, -0.15) is 5.10 Å². The van der Waals surface area contributed by atoms with Crippen molar-refractivity contribution in [2.45, 2.75) is 4.90 Å². The first-order chi connectivity index (χ1) is 17.2. The molecule has 1 N–H and O–H groups in total. The van der Waals surface area contributed by atoms with Gasteiger partial charge in [0.15, 0.2) is 5.75 Å². The summed E-state index contributed by atoms with van der Waals surface area (Å²) in [6.07, 6.45) is 1.18. The molecule has 0 heterocycles. The Morgan fingerprint density at radius 2 is 1.75 bits per heavy atom. The first-order valence-electron chi connectivity index (χ1n) is 10.2. The number of methoxy groups -OCH3 is 2. The van der Waals surface area contributed by atoms with Crippen LogP contribution >= 0.6 is 11.6 Å². The zero-order valence-corrected chi connectivity index (χ0v) is 20.7. The lowest BCUT2D eigenvalue weighted by atomic mass is 10.2. The number of hydrazone groups is 1. The van der Waals surface area contributed by atoms with E-state index in [4.69, 9.17) is 21.1 Å². The van der Waals surface area contributed by atoms with Crippen LogP contribution in [0.5, 0.6) is 11.5 Å². The van der Waals surface area contributed by atoms with Crippen LogP contribution in [0.2, 0.25) is 5.02 Å². The van der Waals surface area contributed by atoms with Crippen molar-refractivity contribution in [3.8, 4) is 11.5 Å². The van der Waals surface area contributed by atoms with Crippen molar-refractivity contribution in [3.63, 3.8) is 0 Å². The lowest BCUT2D eigenvalue weighted by molar-refractivity contribution is -0.385. The Hall–Kier alpha value is -4.16. The molecule has 3 aromatic rings. The Bertz CT molecular complexity index is 1400. The Balaban J connectivity index is 1.89. The summed E-state index contributed by atoms with van der Waals surface area (Å²) in [4.78, 5) is 23.3. The molecule has 0 spiro atoms. The summed E-state index contributed by atoms with van der Waals surface area (Å²) in [6, 6.07) is 16.0. The van der Waals surface area contributed by atoms with Crippen LogP contribution in [0.25, 0.3) is 0 Å². The van der Waals surface area contributed by atoms with Gasteiger partial charge in [0.25, 0.3) is 15.9 Å². The molecule has 36 heavy (non-hydrogen) atoms. The maximum absolute atomic E-state index is 13.4. The van der Waals surface area contributed by atoms with Gasteiger partial charge in [-0.3, -0.25) is 19.2 Å². The number of nitrogens with zero attached hydrogens (tertiary/aromatic N) is 3. The normalized spacial score (nSPS) is 11.2. The summed E-state index contributed by atoms with van der Waals surface area (Å²) in [5, 5.41) is 15.2. The Kier molecular flexibility index (Phi) is 8.46. The molecule has 3 rings (SSSR count). The molecule has 0 bridgehead atoms. The fourth-order valence-corrected chi connectivity index (χ4v) is 4.76. The van der Waals surface area contributed by atoms with Crippen molar-refractivity contribution >= 4 is 45.1 Å². The number of hydrogen-bond acceptors (Lipinski definition) is 8. The number of amides is 1. The Morgan fingerprint density at radius 3 is 2.39 bits per heavy atom. The topological polar surface area (TPSA) is 140 Å². The third-order valence-electron chi connectivity index (χ3n) is 4.83. The second-order valence-electron chi connectivity index (χ2n) is 7.12. The predicted octanol–water partition coefficient (Wildman–Crippen LogP) is 3.61. The van der Waals surface area contributed by atoms with Crippen molar-refractivity contribution in [2.75, 3.05) is 25.1 Å². The van der Waals surface area contributed by atoms with Gasteiger partial charge in [-0.1, -0.05) is 29.8 Å². The molecule has 0 aliphatic rings. The van der Waals surface area contributed by atoms with Crippen LogP contribution in [-0.4, -0.2) is 46.2 Å². The van der Waals surface area contributed by atoms with E-state index in [0.29, 0.717) is 5.56 Å². The maximum Gasteiger partial charge on any atom is 0.311 e. The molecule has 0 fully saturated rings. The fraction of sp³-hybridized carbons (Fsp3) is 0.130. The predicted molar refractivity (Wildman–Crippen MR) is 134 cm³/mol. The van der Waals surface area contributed by atoms with E-state index in [1.54, 1.807) is 18.2 Å². The molecule has 0 saturated heterocycles. The molecule has 1 amide bonds. The van der Waals surface area contributed by atoms with Gasteiger partial charge in [0.05, 0.1) is 35.9 Å². The summed E-state index contributed by atoms with van der Waals surface area (Å²) in [5.74, 6) is -0.532. The zero-order valence-electron chi connectivity index (χ0n) is 19.1. The first-order valence-corrected chi connectivity index (χ1v) is 12.0. The van der Waals surface area contributed by atoms with E-state index in [0.717, 1.165) is 4.31 Å². The fourth-order valence-electron chi connectivity index (χ4n) is 3.15. The van der Waals surface area contributed by atoms with Crippen molar-refractivity contribution in [2.24, 2.45) is 5.10 Å². The number of nitro groups is 1. The molecular formula is C23H21ClN4O7S. The van der Waals surface area contributed by atoms with Crippen molar-refractivity contribution in [1.82, 2.24) is 5.43 Å². The highest BCUT2D eigenvalue weighted by Crippen LogP contribution is 2.34. The molecule has 0 atom stereocenters. The van der Waals surface area contributed by atoms with Crippen molar-refractivity contribution < 1.29 is 27.6 Å². The minimum atomic E-state index is -4.21. The number of halogens is 1. The van der Waals surface area contributed by atoms with Crippen LogP contribution in [-0.2, 0) is 14.8 Å². The number of sulfonamides is 1. The molecule has 0 radical (unpaired) electrons. The van der Waals surface area contributed by atoms with E-state index in [1.807, 2.05) is 0 Å². The second-order valence-corrected chi connectivity index (χ2v) is 9.42. The molecule has 0 unspecified atom stereocenters. The van der Waals surface area contributed by atoms with E-state index in [1.165, 1.54) is 69.0 Å². The summed E-state index contributed by atoms with van der Waals surface area (Å²) in [5.41, 5.74) is 2.32. The number of hydrogen-bond donors (Lipinski definition) is 1. The number of carbonyl (C=O) groups is 1. The van der Waals surface area contributed by atoms with Gasteiger partial charge in [-0.25, -0.2) is 13.8 Å². The van der Waals surface area contributed by atoms with Gasteiger partial charge in [0.1, 0.15) is 12.3 Å². The van der Waals surface area contributed by atoms with Crippen LogP contribution in [0.1, 0.15) is 5.56 Å². The molecular weight excluding hydrogens is 512 g/mol. The van der Waals surface area contributed by atoms with Gasteiger partial charge in [0, 0.05) is 16.7 Å². The second kappa shape index (κ2) is 11.5. The molecule has 0 aromatic heterocycles. The van der Waals surface area contributed by atoms with Crippen LogP contribution in [0.4, 0.5) is 11.4 Å². The van der Waals surface area contributed by atoms with E-state index < -0.39 is 27.4 Å². The van der Waals surface area contributed by atoms with E-state index in [2.05, 4.69) is 10.5 Å². The van der Waals surface area contributed by atoms with Gasteiger partial charge in [-0.15, -0.1) is 0 Å². The molecule has 3 aromatic carbocycles. The highest BCUT2D eigenvalue weighted by Gasteiger charge is 2.29. The van der Waals surface area contributed by atoms with Gasteiger partial charge < -0.3 is 9.47 Å². The SMILES string of the molecule is COc1ccc(Cl)cc1N(CC(=O)N/N=C/c1ccc(OC)c([N+](=O)[O-])c1)S(=O)(=O)c1ccccc1. The number of anilines is 1. The molecule has 188 valence electrons. The lowest BCUT2D eigenvalue weighted by Gasteiger charge is -2.25. The standard InChI is InChI=1S/C23H21ClN4O7S/c1-34-21-11-9-17(24)13-19(21)27(36(32,33)18-6-4-3-5-7-18)15-23(29)26-25-14-16-8-10-22(35-2)20(12-16)28(30)31/h3-14H,15H2,1-2H3,(H,26,29)/b25-14+. The smallest absolute Gasteiger partial charge is 0.311 e. The number of carbonyl (C=O) groups excluding carboxylic acids is 1. The van der Waals surface area contributed by atoms with Crippen molar-refractivity contribution in [1.29, 1.82) is 0 Å². The summed E-state index contributed by atoms with van der Waals surface area (Å²) >= 11 is 6.10. The third-order valence-corrected chi connectivity index (χ3v) is 6.84. The minimum Gasteiger partial charge on any atom is -0.495 e. The average molecular weight is 533 g/mol. The molecule has 13 heteroatoms. The van der Waals surface area contributed by atoms with Crippen LogP contribution in [0.15, 0.2) is 76.7 Å². The molecule has 0 saturated carbocycles. The third kappa shape index (κ3) is 6.09. The van der Waals surface area contributed by atoms with Crippen LogP contribution < -0.4 is 19.2 Å². The van der Waals surface area contributed by atoms with E-state index >= 15 is 0 Å². The highest BCUT2D eigenvalue weighted by molar-refractivity contribution is 7.92. The van der Waals surface area contributed by atoms with Crippen LogP contribution in [0.3, 0.4) is 0 Å². The Morgan fingerprint density at radius 1 is 1.08 bits per heavy atom. The average Bonchev–Trinajstić information content (AvgIpc) is 2.87. The largest absolute Gasteiger partial charge is 0.495 e. The van der Waals surface area contributed by atoms with Gasteiger partial charge in [-0.05, 0) is 42.5 Å². The van der Waals surface area contributed by atoms with E-state index in [9.17, 15) is 23.3 Å². The number of nitro benzene ring substituents is 1. The number of benzene rings is 3. The lowest BCUT2D eigenvalue weighted by Crippen LogP contribution is -2.39. The zero-order chi connectivity index (χ0) is 26.3. The monoisotopic (exact) mass is 532 g/mol. The summed E-state index contributed by atoms with van der Waals surface area (Å²) in [6.45, 7) is -0.659. The highest BCUT2D eigenvalue weighted by atomic mass is 35.5. The molecule has 0 aliphatic heterocycles. The van der Waals surface area contributed by atoms with Crippen LogP contribution in [0, 0.1) is 10.1 Å². The number of ether oxygens (including phenoxy) is 2. The van der Waals surface area contributed by atoms with Gasteiger partial charge in [0.2, 0.25) is 0 Å². The quantitative estimate of drug-likeness (QED) is 0.239. The minimum absolute atomic E-state index is 0.0473. The number of nitrogens with one attached hydrogen (secondary N) is 1. The Labute approximate surface area is 212 Å².